The zero-order valence-electron chi connectivity index (χ0n) is 11.2. The fourth-order valence-electron chi connectivity index (χ4n) is 1.94. The van der Waals surface area contributed by atoms with Crippen LogP contribution < -0.4 is 5.48 Å². The Kier molecular flexibility index (Phi) is 3.86. The van der Waals surface area contributed by atoms with E-state index in [2.05, 4.69) is 20.3 Å². The molecule has 0 aliphatic carbocycles. The molecule has 1 amide bonds. The van der Waals surface area contributed by atoms with Crippen LogP contribution in [0.3, 0.4) is 0 Å². The molecule has 3 aromatic rings. The van der Waals surface area contributed by atoms with Gasteiger partial charge in [0.05, 0.1) is 16.7 Å². The molecule has 0 atom stereocenters. The predicted molar refractivity (Wildman–Crippen MR) is 79.2 cm³/mol. The van der Waals surface area contributed by atoms with E-state index >= 15 is 0 Å². The van der Waals surface area contributed by atoms with Crippen LogP contribution in [0.1, 0.15) is 11.5 Å². The number of carbonyl (C=O) groups excluding carboxylic acids is 1. The second-order valence-corrected chi connectivity index (χ2v) is 4.88. The summed E-state index contributed by atoms with van der Waals surface area (Å²) in [5.41, 5.74) is 3.53. The van der Waals surface area contributed by atoms with Gasteiger partial charge in [0.2, 0.25) is 0 Å². The molecule has 112 valence electrons. The Bertz CT molecular complexity index is 853. The third-order valence-electron chi connectivity index (χ3n) is 2.90. The lowest BCUT2D eigenvalue weighted by Crippen LogP contribution is -2.14. The first-order valence-corrected chi connectivity index (χ1v) is 6.69. The average molecular weight is 319 g/mol. The van der Waals surface area contributed by atoms with E-state index in [1.54, 1.807) is 16.9 Å². The van der Waals surface area contributed by atoms with Crippen LogP contribution in [-0.4, -0.2) is 36.1 Å². The van der Waals surface area contributed by atoms with Gasteiger partial charge in [0, 0.05) is 6.08 Å². The molecule has 0 saturated carbocycles. The first-order chi connectivity index (χ1) is 10.7. The number of hydrogen-bond donors (Lipinski definition) is 3. The standard InChI is InChI=1S/C13H11ClN6O2/c14-9-2-1-3-10-13(9)16-11(15-10)7-20-6-8(17-19-20)4-5-12(21)18-22/h1-6,22H,7H2,(H,15,16)(H,18,21). The van der Waals surface area contributed by atoms with Crippen molar-refractivity contribution in [1.82, 2.24) is 30.4 Å². The number of carbonyl (C=O) groups is 1. The summed E-state index contributed by atoms with van der Waals surface area (Å²) < 4.78 is 1.57. The SMILES string of the molecule is O=C(C=Cc1cn(Cc2nc3c(Cl)cccc3[nH]2)nn1)NO. The number of H-pyrrole nitrogens is 1. The Morgan fingerprint density at radius 1 is 1.50 bits per heavy atom. The lowest BCUT2D eigenvalue weighted by molar-refractivity contribution is -0.124. The van der Waals surface area contributed by atoms with Gasteiger partial charge < -0.3 is 4.98 Å². The van der Waals surface area contributed by atoms with Gasteiger partial charge in [-0.2, -0.15) is 0 Å². The van der Waals surface area contributed by atoms with Crippen molar-refractivity contribution in [2.75, 3.05) is 0 Å². The number of aromatic nitrogens is 5. The molecule has 1 aromatic carbocycles. The number of para-hydroxylation sites is 1. The van der Waals surface area contributed by atoms with Gasteiger partial charge in [0.25, 0.3) is 5.91 Å². The van der Waals surface area contributed by atoms with E-state index in [0.717, 1.165) is 11.6 Å². The summed E-state index contributed by atoms with van der Waals surface area (Å²) in [6.45, 7) is 0.387. The lowest BCUT2D eigenvalue weighted by Gasteiger charge is -1.94. The highest BCUT2D eigenvalue weighted by atomic mass is 35.5. The first kappa shape index (κ1) is 14.2. The number of benzene rings is 1. The second-order valence-electron chi connectivity index (χ2n) is 4.47. The minimum absolute atomic E-state index is 0.387. The Labute approximate surface area is 129 Å². The van der Waals surface area contributed by atoms with Crippen molar-refractivity contribution in [1.29, 1.82) is 0 Å². The molecule has 9 heteroatoms. The van der Waals surface area contributed by atoms with E-state index in [-0.39, 0.29) is 0 Å². The maximum absolute atomic E-state index is 10.9. The lowest BCUT2D eigenvalue weighted by atomic mass is 10.3. The number of hydrogen-bond acceptors (Lipinski definition) is 5. The molecule has 3 rings (SSSR count). The number of hydroxylamine groups is 1. The van der Waals surface area contributed by atoms with Crippen molar-refractivity contribution in [3.63, 3.8) is 0 Å². The van der Waals surface area contributed by atoms with Crippen LogP contribution in [0, 0.1) is 0 Å². The van der Waals surface area contributed by atoms with Crippen LogP contribution in [0.25, 0.3) is 17.1 Å². The maximum atomic E-state index is 10.9. The summed E-state index contributed by atoms with van der Waals surface area (Å²) in [4.78, 5) is 18.5. The van der Waals surface area contributed by atoms with Crippen LogP contribution in [0.15, 0.2) is 30.5 Å². The third-order valence-corrected chi connectivity index (χ3v) is 3.20. The first-order valence-electron chi connectivity index (χ1n) is 6.31. The summed E-state index contributed by atoms with van der Waals surface area (Å²) in [5, 5.41) is 16.8. The van der Waals surface area contributed by atoms with E-state index in [1.165, 1.54) is 11.6 Å². The largest absolute Gasteiger partial charge is 0.340 e. The van der Waals surface area contributed by atoms with Gasteiger partial charge in [0.15, 0.2) is 0 Å². The highest BCUT2D eigenvalue weighted by Gasteiger charge is 2.07. The van der Waals surface area contributed by atoms with Crippen molar-refractivity contribution in [3.8, 4) is 0 Å². The molecule has 0 unspecified atom stereocenters. The molecule has 2 aromatic heterocycles. The molecule has 2 heterocycles. The number of halogens is 1. The van der Waals surface area contributed by atoms with Crippen molar-refractivity contribution in [2.24, 2.45) is 0 Å². The van der Waals surface area contributed by atoms with Gasteiger partial charge in [-0.05, 0) is 18.2 Å². The molecule has 0 spiro atoms. The molecule has 0 radical (unpaired) electrons. The summed E-state index contributed by atoms with van der Waals surface area (Å²) >= 11 is 6.08. The topological polar surface area (TPSA) is 109 Å². The van der Waals surface area contributed by atoms with E-state index < -0.39 is 5.91 Å². The zero-order valence-corrected chi connectivity index (χ0v) is 11.9. The van der Waals surface area contributed by atoms with Gasteiger partial charge in [-0.25, -0.2) is 15.1 Å². The maximum Gasteiger partial charge on any atom is 0.267 e. The third kappa shape index (κ3) is 2.97. The normalized spacial score (nSPS) is 11.4. The summed E-state index contributed by atoms with van der Waals surface area (Å²) in [6.07, 6.45) is 4.23. The molecule has 0 fully saturated rings. The van der Waals surface area contributed by atoms with E-state index in [4.69, 9.17) is 16.8 Å². The number of aromatic amines is 1. The van der Waals surface area contributed by atoms with Crippen LogP contribution in [0.5, 0.6) is 0 Å². The number of imidazole rings is 1. The number of nitrogens with zero attached hydrogens (tertiary/aromatic N) is 4. The van der Waals surface area contributed by atoms with Gasteiger partial charge in [-0.3, -0.25) is 10.0 Å². The smallest absolute Gasteiger partial charge is 0.267 e. The minimum atomic E-state index is -0.638. The van der Waals surface area contributed by atoms with Crippen LogP contribution in [-0.2, 0) is 11.3 Å². The number of fused-ring (bicyclic) bond motifs is 1. The second kappa shape index (κ2) is 5.96. The number of amides is 1. The molecule has 0 aliphatic heterocycles. The Morgan fingerprint density at radius 2 is 2.36 bits per heavy atom. The monoisotopic (exact) mass is 318 g/mol. The van der Waals surface area contributed by atoms with Crippen LogP contribution in [0.2, 0.25) is 5.02 Å². The van der Waals surface area contributed by atoms with Crippen molar-refractivity contribution in [3.05, 3.63) is 47.0 Å². The Morgan fingerprint density at radius 3 is 3.14 bits per heavy atom. The molecular weight excluding hydrogens is 308 g/mol. The molecule has 0 bridgehead atoms. The predicted octanol–water partition coefficient (Wildman–Crippen LogP) is 1.37. The van der Waals surface area contributed by atoms with Gasteiger partial charge in [0.1, 0.15) is 23.6 Å². The molecule has 22 heavy (non-hydrogen) atoms. The van der Waals surface area contributed by atoms with Gasteiger partial charge >= 0.3 is 0 Å². The fraction of sp³-hybridized carbons (Fsp3) is 0.0769. The molecule has 0 saturated heterocycles. The zero-order chi connectivity index (χ0) is 15.5. The van der Waals surface area contributed by atoms with Crippen LogP contribution in [0.4, 0.5) is 0 Å². The van der Waals surface area contributed by atoms with Gasteiger partial charge in [-0.1, -0.05) is 22.9 Å². The highest BCUT2D eigenvalue weighted by molar-refractivity contribution is 6.34. The highest BCUT2D eigenvalue weighted by Crippen LogP contribution is 2.21. The molecule has 0 aliphatic rings. The molecule has 3 N–H and O–H groups in total. The molecule has 8 nitrogen and oxygen atoms in total. The van der Waals surface area contributed by atoms with Gasteiger partial charge in [-0.15, -0.1) is 5.10 Å². The van der Waals surface area contributed by atoms with Crippen molar-refractivity contribution in [2.45, 2.75) is 6.54 Å². The summed E-state index contributed by atoms with van der Waals surface area (Å²) in [5.74, 6) is 0.0538. The quantitative estimate of drug-likeness (QED) is 0.382. The summed E-state index contributed by atoms with van der Waals surface area (Å²) in [6, 6.07) is 5.51. The van der Waals surface area contributed by atoms with E-state index in [9.17, 15) is 4.79 Å². The number of nitrogens with one attached hydrogen (secondary N) is 2. The average Bonchev–Trinajstić information content (AvgIpc) is 3.12. The van der Waals surface area contributed by atoms with Crippen molar-refractivity contribution >= 4 is 34.6 Å². The minimum Gasteiger partial charge on any atom is -0.340 e. The van der Waals surface area contributed by atoms with Crippen molar-refractivity contribution < 1.29 is 10.0 Å². The van der Waals surface area contributed by atoms with E-state index in [0.29, 0.717) is 28.6 Å². The Balaban J connectivity index is 1.78. The fourth-order valence-corrected chi connectivity index (χ4v) is 2.16. The van der Waals surface area contributed by atoms with E-state index in [1.807, 2.05) is 12.1 Å². The molecular formula is C13H11ClN6O2. The van der Waals surface area contributed by atoms with Crippen LogP contribution >= 0.6 is 11.6 Å². The Hall–Kier alpha value is -2.71. The summed E-state index contributed by atoms with van der Waals surface area (Å²) in [7, 11) is 0. The number of rotatable bonds is 4.